The number of rotatable bonds is 7. The molecule has 1 heterocycles. The molecular formula is C20H21FN4O. The fourth-order valence-corrected chi connectivity index (χ4v) is 2.59. The lowest BCUT2D eigenvalue weighted by molar-refractivity contribution is 0.410. The number of halogens is 1. The first-order valence-corrected chi connectivity index (χ1v) is 8.34. The Kier molecular flexibility index (Phi) is 5.63. The highest BCUT2D eigenvalue weighted by molar-refractivity contribution is 5.44. The number of para-hydroxylation sites is 1. The van der Waals surface area contributed by atoms with Crippen molar-refractivity contribution in [1.29, 1.82) is 0 Å². The lowest BCUT2D eigenvalue weighted by Gasteiger charge is -2.12. The molecule has 0 unspecified atom stereocenters. The van der Waals surface area contributed by atoms with Crippen molar-refractivity contribution in [3.8, 4) is 5.75 Å². The van der Waals surface area contributed by atoms with E-state index < -0.39 is 0 Å². The van der Waals surface area contributed by atoms with E-state index in [9.17, 15) is 4.39 Å². The number of hydrogen-bond acceptors (Lipinski definition) is 5. The van der Waals surface area contributed by atoms with Crippen molar-refractivity contribution in [2.75, 3.05) is 17.7 Å². The van der Waals surface area contributed by atoms with Gasteiger partial charge in [0.05, 0.1) is 7.11 Å². The van der Waals surface area contributed by atoms with E-state index in [4.69, 9.17) is 4.74 Å². The molecule has 0 atom stereocenters. The number of nitrogens with zero attached hydrogens (tertiary/aromatic N) is 2. The standard InChI is InChI=1S/C20H21FN4O/c1-14-11-19(22-13-16-8-4-6-10-18(16)26-2)25-20(24-14)23-12-15-7-3-5-9-17(15)21/h3-11H,12-13H2,1-2H3,(H2,22,23,24,25). The normalized spacial score (nSPS) is 10.4. The Morgan fingerprint density at radius 3 is 2.38 bits per heavy atom. The van der Waals surface area contributed by atoms with Crippen LogP contribution in [0.4, 0.5) is 16.2 Å². The maximum Gasteiger partial charge on any atom is 0.225 e. The third-order valence-electron chi connectivity index (χ3n) is 3.90. The monoisotopic (exact) mass is 352 g/mol. The van der Waals surface area contributed by atoms with E-state index in [-0.39, 0.29) is 5.82 Å². The number of methoxy groups -OCH3 is 1. The zero-order valence-corrected chi connectivity index (χ0v) is 14.8. The molecule has 3 rings (SSSR count). The Bertz CT molecular complexity index is 885. The highest BCUT2D eigenvalue weighted by atomic mass is 19.1. The first kappa shape index (κ1) is 17.7. The van der Waals surface area contributed by atoms with Gasteiger partial charge in [-0.15, -0.1) is 0 Å². The molecular weight excluding hydrogens is 331 g/mol. The number of benzene rings is 2. The maximum absolute atomic E-state index is 13.7. The molecule has 0 spiro atoms. The van der Waals surface area contributed by atoms with Gasteiger partial charge < -0.3 is 15.4 Å². The van der Waals surface area contributed by atoms with Crippen molar-refractivity contribution in [2.45, 2.75) is 20.0 Å². The first-order valence-electron chi connectivity index (χ1n) is 8.34. The third-order valence-corrected chi connectivity index (χ3v) is 3.90. The minimum atomic E-state index is -0.248. The highest BCUT2D eigenvalue weighted by Crippen LogP contribution is 2.19. The van der Waals surface area contributed by atoms with Crippen molar-refractivity contribution in [3.63, 3.8) is 0 Å². The van der Waals surface area contributed by atoms with Gasteiger partial charge in [-0.05, 0) is 19.1 Å². The van der Waals surface area contributed by atoms with Crippen LogP contribution in [-0.4, -0.2) is 17.1 Å². The Morgan fingerprint density at radius 1 is 0.923 bits per heavy atom. The lowest BCUT2D eigenvalue weighted by atomic mass is 10.2. The summed E-state index contributed by atoms with van der Waals surface area (Å²) in [5.41, 5.74) is 2.42. The molecule has 0 saturated carbocycles. The summed E-state index contributed by atoms with van der Waals surface area (Å²) in [5.74, 6) is 1.72. The number of aromatic nitrogens is 2. The van der Waals surface area contributed by atoms with Crippen LogP contribution in [-0.2, 0) is 13.1 Å². The van der Waals surface area contributed by atoms with E-state index in [0.717, 1.165) is 17.0 Å². The van der Waals surface area contributed by atoms with Crippen LogP contribution in [0.15, 0.2) is 54.6 Å². The van der Waals surface area contributed by atoms with Gasteiger partial charge in [-0.3, -0.25) is 0 Å². The molecule has 1 aromatic heterocycles. The van der Waals surface area contributed by atoms with Crippen LogP contribution in [0, 0.1) is 12.7 Å². The average molecular weight is 352 g/mol. The summed E-state index contributed by atoms with van der Waals surface area (Å²) in [7, 11) is 1.65. The van der Waals surface area contributed by atoms with Crippen molar-refractivity contribution < 1.29 is 9.13 Å². The number of ether oxygens (including phenoxy) is 1. The molecule has 0 bridgehead atoms. The molecule has 5 nitrogen and oxygen atoms in total. The Morgan fingerprint density at radius 2 is 1.62 bits per heavy atom. The van der Waals surface area contributed by atoms with E-state index in [0.29, 0.717) is 30.4 Å². The minimum Gasteiger partial charge on any atom is -0.496 e. The topological polar surface area (TPSA) is 59.1 Å². The predicted molar refractivity (Wildman–Crippen MR) is 101 cm³/mol. The summed E-state index contributed by atoms with van der Waals surface area (Å²) in [6.45, 7) is 2.79. The Balaban J connectivity index is 1.68. The van der Waals surface area contributed by atoms with Crippen LogP contribution in [0.3, 0.4) is 0 Å². The van der Waals surface area contributed by atoms with Gasteiger partial charge >= 0.3 is 0 Å². The van der Waals surface area contributed by atoms with E-state index in [1.54, 1.807) is 25.3 Å². The summed E-state index contributed by atoms with van der Waals surface area (Å²) >= 11 is 0. The van der Waals surface area contributed by atoms with Crippen LogP contribution >= 0.6 is 0 Å². The van der Waals surface area contributed by atoms with E-state index in [1.165, 1.54) is 6.07 Å². The van der Waals surface area contributed by atoms with Crippen LogP contribution < -0.4 is 15.4 Å². The summed E-state index contributed by atoms with van der Waals surface area (Å²) in [6, 6.07) is 16.3. The van der Waals surface area contributed by atoms with Crippen molar-refractivity contribution >= 4 is 11.8 Å². The summed E-state index contributed by atoms with van der Waals surface area (Å²) in [6.07, 6.45) is 0. The highest BCUT2D eigenvalue weighted by Gasteiger charge is 2.06. The fourth-order valence-electron chi connectivity index (χ4n) is 2.59. The van der Waals surface area contributed by atoms with Crippen LogP contribution in [0.25, 0.3) is 0 Å². The van der Waals surface area contributed by atoms with Gasteiger partial charge in [0.25, 0.3) is 0 Å². The molecule has 2 N–H and O–H groups in total. The quantitative estimate of drug-likeness (QED) is 0.669. The Labute approximate surface area is 152 Å². The number of aryl methyl sites for hydroxylation is 1. The molecule has 0 aliphatic rings. The summed E-state index contributed by atoms with van der Waals surface area (Å²) in [5, 5.41) is 6.36. The largest absolute Gasteiger partial charge is 0.496 e. The van der Waals surface area contributed by atoms with Gasteiger partial charge in [0.1, 0.15) is 17.4 Å². The zero-order chi connectivity index (χ0) is 18.4. The van der Waals surface area contributed by atoms with Crippen LogP contribution in [0.2, 0.25) is 0 Å². The predicted octanol–water partition coefficient (Wildman–Crippen LogP) is 4.16. The van der Waals surface area contributed by atoms with Gasteiger partial charge in [-0.2, -0.15) is 4.98 Å². The van der Waals surface area contributed by atoms with Gasteiger partial charge in [-0.25, -0.2) is 9.37 Å². The van der Waals surface area contributed by atoms with Crippen molar-refractivity contribution in [2.24, 2.45) is 0 Å². The van der Waals surface area contributed by atoms with Gasteiger partial charge in [0.15, 0.2) is 0 Å². The minimum absolute atomic E-state index is 0.248. The molecule has 0 fully saturated rings. The second-order valence-corrected chi connectivity index (χ2v) is 5.83. The van der Waals surface area contributed by atoms with Crippen LogP contribution in [0.5, 0.6) is 5.75 Å². The number of hydrogen-bond donors (Lipinski definition) is 2. The molecule has 0 aliphatic heterocycles. The van der Waals surface area contributed by atoms with E-state index >= 15 is 0 Å². The molecule has 6 heteroatoms. The molecule has 0 aliphatic carbocycles. The van der Waals surface area contributed by atoms with Gasteiger partial charge in [-0.1, -0.05) is 36.4 Å². The van der Waals surface area contributed by atoms with Gasteiger partial charge in [0.2, 0.25) is 5.95 Å². The SMILES string of the molecule is COc1ccccc1CNc1cc(C)nc(NCc2ccccc2F)n1. The molecule has 26 heavy (non-hydrogen) atoms. The molecule has 0 radical (unpaired) electrons. The van der Waals surface area contributed by atoms with Crippen molar-refractivity contribution in [3.05, 3.63) is 77.2 Å². The zero-order valence-electron chi connectivity index (χ0n) is 14.8. The van der Waals surface area contributed by atoms with Gasteiger partial charge in [0, 0.05) is 36.0 Å². The molecule has 134 valence electrons. The summed E-state index contributed by atoms with van der Waals surface area (Å²) < 4.78 is 19.1. The molecule has 3 aromatic rings. The summed E-state index contributed by atoms with van der Waals surface area (Å²) in [4.78, 5) is 8.81. The first-order chi connectivity index (χ1) is 12.7. The van der Waals surface area contributed by atoms with Crippen LogP contribution in [0.1, 0.15) is 16.8 Å². The molecule has 0 amide bonds. The molecule has 2 aromatic carbocycles. The Hall–Kier alpha value is -3.15. The maximum atomic E-state index is 13.7. The fraction of sp³-hybridized carbons (Fsp3) is 0.200. The smallest absolute Gasteiger partial charge is 0.225 e. The third kappa shape index (κ3) is 4.47. The molecule has 0 saturated heterocycles. The second-order valence-electron chi connectivity index (χ2n) is 5.83. The van der Waals surface area contributed by atoms with E-state index in [1.807, 2.05) is 37.3 Å². The second kappa shape index (κ2) is 8.29. The average Bonchev–Trinajstić information content (AvgIpc) is 2.65. The number of anilines is 2. The van der Waals surface area contributed by atoms with E-state index in [2.05, 4.69) is 20.6 Å². The number of nitrogens with one attached hydrogen (secondary N) is 2. The van der Waals surface area contributed by atoms with Crippen molar-refractivity contribution in [1.82, 2.24) is 9.97 Å². The lowest BCUT2D eigenvalue weighted by Crippen LogP contribution is -2.09.